The summed E-state index contributed by atoms with van der Waals surface area (Å²) in [4.78, 5) is 10.7. The summed E-state index contributed by atoms with van der Waals surface area (Å²) < 4.78 is 0. The smallest absolute Gasteiger partial charge is 0.303 e. The molecule has 0 radical (unpaired) electrons. The summed E-state index contributed by atoms with van der Waals surface area (Å²) >= 11 is 0. The van der Waals surface area contributed by atoms with Crippen LogP contribution in [0.25, 0.3) is 0 Å². The van der Waals surface area contributed by atoms with Gasteiger partial charge in [-0.2, -0.15) is 0 Å². The van der Waals surface area contributed by atoms with Crippen molar-refractivity contribution in [2.24, 2.45) is 0 Å². The van der Waals surface area contributed by atoms with Crippen molar-refractivity contribution < 1.29 is 9.90 Å². The van der Waals surface area contributed by atoms with Crippen molar-refractivity contribution in [2.75, 3.05) is 0 Å². The fourth-order valence-corrected chi connectivity index (χ4v) is 1.97. The van der Waals surface area contributed by atoms with Crippen molar-refractivity contribution in [2.45, 2.75) is 39.5 Å². The van der Waals surface area contributed by atoms with Crippen LogP contribution in [0.5, 0.6) is 0 Å². The van der Waals surface area contributed by atoms with Crippen molar-refractivity contribution in [3.63, 3.8) is 0 Å². The SMILES string of the molecule is CCC(CC(=O)O)c1ccc(C)cc1C. The third-order valence-corrected chi connectivity index (χ3v) is 2.78. The maximum Gasteiger partial charge on any atom is 0.303 e. The Hall–Kier alpha value is -1.31. The molecule has 15 heavy (non-hydrogen) atoms. The average Bonchev–Trinajstić information content (AvgIpc) is 2.14. The van der Waals surface area contributed by atoms with Crippen LogP contribution in [0.1, 0.15) is 42.4 Å². The molecule has 0 heterocycles. The maximum absolute atomic E-state index is 10.7. The first kappa shape index (κ1) is 11.8. The fraction of sp³-hybridized carbons (Fsp3) is 0.462. The first-order valence-electron chi connectivity index (χ1n) is 5.33. The number of aryl methyl sites for hydroxylation is 2. The van der Waals surface area contributed by atoms with Gasteiger partial charge in [-0.05, 0) is 37.3 Å². The summed E-state index contributed by atoms with van der Waals surface area (Å²) in [6.45, 7) is 6.13. The van der Waals surface area contributed by atoms with Gasteiger partial charge in [0.15, 0.2) is 0 Å². The van der Waals surface area contributed by atoms with E-state index in [0.29, 0.717) is 0 Å². The van der Waals surface area contributed by atoms with E-state index in [1.165, 1.54) is 16.7 Å². The van der Waals surface area contributed by atoms with Crippen molar-refractivity contribution in [1.29, 1.82) is 0 Å². The lowest BCUT2D eigenvalue weighted by atomic mass is 9.89. The number of carboxylic acids is 1. The van der Waals surface area contributed by atoms with Gasteiger partial charge in [0, 0.05) is 0 Å². The second kappa shape index (κ2) is 4.96. The van der Waals surface area contributed by atoms with Gasteiger partial charge >= 0.3 is 5.97 Å². The number of hydrogen-bond donors (Lipinski definition) is 1. The van der Waals surface area contributed by atoms with Gasteiger partial charge in [-0.1, -0.05) is 30.7 Å². The molecule has 0 saturated carbocycles. The normalized spacial score (nSPS) is 12.5. The molecule has 0 bridgehead atoms. The molecular formula is C13H18O2. The van der Waals surface area contributed by atoms with Crippen LogP contribution in [-0.2, 0) is 4.79 Å². The Morgan fingerprint density at radius 3 is 2.53 bits per heavy atom. The van der Waals surface area contributed by atoms with Crippen molar-refractivity contribution in [3.8, 4) is 0 Å². The molecule has 0 saturated heterocycles. The molecule has 0 spiro atoms. The van der Waals surface area contributed by atoms with E-state index >= 15 is 0 Å². The van der Waals surface area contributed by atoms with E-state index in [1.807, 2.05) is 19.9 Å². The summed E-state index contributed by atoms with van der Waals surface area (Å²) in [6, 6.07) is 6.22. The molecule has 0 aromatic heterocycles. The van der Waals surface area contributed by atoms with Gasteiger partial charge in [-0.3, -0.25) is 4.79 Å². The molecule has 0 aliphatic rings. The predicted octanol–water partition coefficient (Wildman–Crippen LogP) is 3.27. The van der Waals surface area contributed by atoms with Crippen LogP contribution in [0.2, 0.25) is 0 Å². The van der Waals surface area contributed by atoms with E-state index in [2.05, 4.69) is 19.1 Å². The van der Waals surface area contributed by atoms with Gasteiger partial charge in [0.1, 0.15) is 0 Å². The molecule has 1 unspecified atom stereocenters. The standard InChI is InChI=1S/C13H18O2/c1-4-11(8-13(14)15)12-6-5-9(2)7-10(12)3/h5-7,11H,4,8H2,1-3H3,(H,14,15). The zero-order valence-corrected chi connectivity index (χ0v) is 9.58. The molecule has 1 aromatic rings. The van der Waals surface area contributed by atoms with Crippen molar-refractivity contribution >= 4 is 5.97 Å². The van der Waals surface area contributed by atoms with E-state index < -0.39 is 5.97 Å². The molecular weight excluding hydrogens is 188 g/mol. The first-order chi connectivity index (χ1) is 7.04. The van der Waals surface area contributed by atoms with Gasteiger partial charge in [0.05, 0.1) is 6.42 Å². The van der Waals surface area contributed by atoms with E-state index in [-0.39, 0.29) is 12.3 Å². The predicted molar refractivity (Wildman–Crippen MR) is 61.2 cm³/mol. The Bertz CT molecular complexity index is 356. The van der Waals surface area contributed by atoms with Crippen molar-refractivity contribution in [3.05, 3.63) is 34.9 Å². The van der Waals surface area contributed by atoms with E-state index in [1.54, 1.807) is 0 Å². The Balaban J connectivity index is 2.96. The van der Waals surface area contributed by atoms with Gasteiger partial charge in [-0.25, -0.2) is 0 Å². The number of benzene rings is 1. The zero-order valence-electron chi connectivity index (χ0n) is 9.58. The lowest BCUT2D eigenvalue weighted by Crippen LogP contribution is -2.07. The Kier molecular flexibility index (Phi) is 3.89. The van der Waals surface area contributed by atoms with Crippen LogP contribution in [0.15, 0.2) is 18.2 Å². The number of carboxylic acid groups (broad SMARTS) is 1. The maximum atomic E-state index is 10.7. The van der Waals surface area contributed by atoms with Crippen LogP contribution < -0.4 is 0 Å². The van der Waals surface area contributed by atoms with E-state index in [0.717, 1.165) is 6.42 Å². The highest BCUT2D eigenvalue weighted by Gasteiger charge is 2.15. The van der Waals surface area contributed by atoms with Crippen LogP contribution in [-0.4, -0.2) is 11.1 Å². The number of aliphatic carboxylic acids is 1. The van der Waals surface area contributed by atoms with Crippen molar-refractivity contribution in [1.82, 2.24) is 0 Å². The molecule has 1 aromatic carbocycles. The highest BCUT2D eigenvalue weighted by atomic mass is 16.4. The van der Waals surface area contributed by atoms with Gasteiger partial charge in [0.2, 0.25) is 0 Å². The molecule has 0 aliphatic carbocycles. The molecule has 0 fully saturated rings. The summed E-state index contributed by atoms with van der Waals surface area (Å²) in [5, 5.41) is 8.82. The summed E-state index contributed by atoms with van der Waals surface area (Å²) in [6.07, 6.45) is 1.09. The van der Waals surface area contributed by atoms with Crippen LogP contribution >= 0.6 is 0 Å². The Morgan fingerprint density at radius 1 is 1.40 bits per heavy atom. The number of rotatable bonds is 4. The van der Waals surface area contributed by atoms with Gasteiger partial charge < -0.3 is 5.11 Å². The van der Waals surface area contributed by atoms with E-state index in [4.69, 9.17) is 5.11 Å². The summed E-state index contributed by atoms with van der Waals surface area (Å²) in [5.74, 6) is -0.579. The average molecular weight is 206 g/mol. The summed E-state index contributed by atoms with van der Waals surface area (Å²) in [7, 11) is 0. The molecule has 0 amide bonds. The quantitative estimate of drug-likeness (QED) is 0.820. The monoisotopic (exact) mass is 206 g/mol. The highest BCUT2D eigenvalue weighted by Crippen LogP contribution is 2.26. The van der Waals surface area contributed by atoms with Crippen LogP contribution in [0.4, 0.5) is 0 Å². The Morgan fingerprint density at radius 2 is 2.07 bits per heavy atom. The minimum atomic E-state index is -0.721. The molecule has 2 nitrogen and oxygen atoms in total. The van der Waals surface area contributed by atoms with E-state index in [9.17, 15) is 4.79 Å². The van der Waals surface area contributed by atoms with Gasteiger partial charge in [-0.15, -0.1) is 0 Å². The third-order valence-electron chi connectivity index (χ3n) is 2.78. The van der Waals surface area contributed by atoms with Crippen LogP contribution in [0.3, 0.4) is 0 Å². The second-order valence-corrected chi connectivity index (χ2v) is 4.06. The largest absolute Gasteiger partial charge is 0.481 e. The second-order valence-electron chi connectivity index (χ2n) is 4.06. The molecule has 82 valence electrons. The molecule has 0 aliphatic heterocycles. The molecule has 1 N–H and O–H groups in total. The molecule has 2 heteroatoms. The topological polar surface area (TPSA) is 37.3 Å². The highest BCUT2D eigenvalue weighted by molar-refractivity contribution is 5.68. The lowest BCUT2D eigenvalue weighted by Gasteiger charge is -2.16. The van der Waals surface area contributed by atoms with Crippen LogP contribution in [0, 0.1) is 13.8 Å². The minimum absolute atomic E-state index is 0.142. The molecule has 1 atom stereocenters. The Labute approximate surface area is 90.9 Å². The van der Waals surface area contributed by atoms with Gasteiger partial charge in [0.25, 0.3) is 0 Å². The summed E-state index contributed by atoms with van der Waals surface area (Å²) in [5.41, 5.74) is 3.59. The zero-order chi connectivity index (χ0) is 11.4. The fourth-order valence-electron chi connectivity index (χ4n) is 1.97. The number of carbonyl (C=O) groups is 1. The number of hydrogen-bond acceptors (Lipinski definition) is 1. The first-order valence-corrected chi connectivity index (χ1v) is 5.33. The lowest BCUT2D eigenvalue weighted by molar-refractivity contribution is -0.137. The minimum Gasteiger partial charge on any atom is -0.481 e. The third kappa shape index (κ3) is 3.08. The molecule has 1 rings (SSSR count).